The molecule has 0 atom stereocenters. The minimum atomic E-state index is 0.0249. The summed E-state index contributed by atoms with van der Waals surface area (Å²) < 4.78 is 2.94. The van der Waals surface area contributed by atoms with Gasteiger partial charge in [0.1, 0.15) is 4.32 Å². The Labute approximate surface area is 130 Å². The van der Waals surface area contributed by atoms with Crippen molar-refractivity contribution in [2.45, 2.75) is 40.7 Å². The van der Waals surface area contributed by atoms with Crippen LogP contribution in [-0.2, 0) is 4.79 Å². The molecule has 0 radical (unpaired) electrons. The third-order valence-electron chi connectivity index (χ3n) is 3.52. The number of carbonyl (C=O) groups is 1. The van der Waals surface area contributed by atoms with Gasteiger partial charge in [-0.1, -0.05) is 24.0 Å². The maximum absolute atomic E-state index is 12.2. The molecule has 0 aromatic carbocycles. The fourth-order valence-corrected chi connectivity index (χ4v) is 4.03. The maximum atomic E-state index is 12.2. The number of hydrogen-bond acceptors (Lipinski definition) is 3. The Balaban J connectivity index is 2.40. The molecule has 1 fully saturated rings. The van der Waals surface area contributed by atoms with E-state index in [9.17, 15) is 4.79 Å². The van der Waals surface area contributed by atoms with Gasteiger partial charge in [0.2, 0.25) is 0 Å². The largest absolute Gasteiger partial charge is 0.346 e. The summed E-state index contributed by atoms with van der Waals surface area (Å²) in [5.41, 5.74) is 3.52. The molecule has 108 valence electrons. The first kappa shape index (κ1) is 15.3. The van der Waals surface area contributed by atoms with Crippen LogP contribution in [-0.4, -0.2) is 26.2 Å². The summed E-state index contributed by atoms with van der Waals surface area (Å²) in [4.78, 5) is 14.6. The molecule has 0 spiro atoms. The second-order valence-corrected chi connectivity index (χ2v) is 6.89. The van der Waals surface area contributed by atoms with Gasteiger partial charge in [-0.2, -0.15) is 0 Å². The summed E-state index contributed by atoms with van der Waals surface area (Å²) >= 11 is 6.63. The lowest BCUT2D eigenvalue weighted by Crippen LogP contribution is -2.27. The summed E-state index contributed by atoms with van der Waals surface area (Å²) in [6.07, 6.45) is 1.97. The van der Waals surface area contributed by atoms with E-state index in [-0.39, 0.29) is 5.91 Å². The number of thiocarbonyl (C=S) groups is 1. The number of aromatic nitrogens is 1. The second kappa shape index (κ2) is 5.74. The summed E-state index contributed by atoms with van der Waals surface area (Å²) in [6, 6.07) is 2.55. The van der Waals surface area contributed by atoms with Crippen molar-refractivity contribution < 1.29 is 4.79 Å². The number of aryl methyl sites for hydroxylation is 1. The third kappa shape index (κ3) is 2.56. The number of carbonyl (C=O) groups excluding carboxylic acids is 1. The van der Waals surface area contributed by atoms with Crippen molar-refractivity contribution in [3.8, 4) is 0 Å². The third-order valence-corrected chi connectivity index (χ3v) is 4.89. The first-order chi connectivity index (χ1) is 9.36. The van der Waals surface area contributed by atoms with Crippen LogP contribution in [0.15, 0.2) is 11.0 Å². The van der Waals surface area contributed by atoms with Gasteiger partial charge in [-0.25, -0.2) is 0 Å². The molecule has 1 amide bonds. The number of hydrogen-bond donors (Lipinski definition) is 0. The van der Waals surface area contributed by atoms with Crippen molar-refractivity contribution in [2.24, 2.45) is 0 Å². The zero-order valence-electron chi connectivity index (χ0n) is 12.6. The van der Waals surface area contributed by atoms with Crippen LogP contribution in [0.25, 0.3) is 6.08 Å². The van der Waals surface area contributed by atoms with Gasteiger partial charge in [-0.05, 0) is 52.3 Å². The smallest absolute Gasteiger partial charge is 0.266 e. The SMILES string of the molecule is CCN1C(=O)C(=Cc2cc(C)n(C(C)C)c2C)SC1=S. The Morgan fingerprint density at radius 1 is 1.40 bits per heavy atom. The van der Waals surface area contributed by atoms with Crippen LogP contribution in [0.2, 0.25) is 0 Å². The normalized spacial score (nSPS) is 17.9. The second-order valence-electron chi connectivity index (χ2n) is 5.22. The van der Waals surface area contributed by atoms with Crippen LogP contribution < -0.4 is 0 Å². The van der Waals surface area contributed by atoms with Gasteiger partial charge in [-0.15, -0.1) is 0 Å². The Morgan fingerprint density at radius 2 is 2.05 bits per heavy atom. The lowest BCUT2D eigenvalue weighted by molar-refractivity contribution is -0.121. The van der Waals surface area contributed by atoms with Gasteiger partial charge >= 0.3 is 0 Å². The van der Waals surface area contributed by atoms with Crippen molar-refractivity contribution in [3.63, 3.8) is 0 Å². The van der Waals surface area contributed by atoms with E-state index in [2.05, 4.69) is 38.3 Å². The molecule has 5 heteroatoms. The number of likely N-dealkylation sites (N-methyl/N-ethyl adjacent to an activating group) is 1. The predicted octanol–water partition coefficient (Wildman–Crippen LogP) is 3.91. The number of nitrogens with zero attached hydrogens (tertiary/aromatic N) is 2. The van der Waals surface area contributed by atoms with E-state index in [1.165, 1.54) is 23.1 Å². The van der Waals surface area contributed by atoms with Crippen molar-refractivity contribution in [2.75, 3.05) is 6.54 Å². The van der Waals surface area contributed by atoms with Crippen LogP contribution in [0.5, 0.6) is 0 Å². The molecule has 0 saturated carbocycles. The molecule has 2 rings (SSSR count). The average Bonchev–Trinajstić information content (AvgIpc) is 2.78. The molecule has 0 bridgehead atoms. The van der Waals surface area contributed by atoms with Crippen molar-refractivity contribution in [1.82, 2.24) is 9.47 Å². The van der Waals surface area contributed by atoms with Crippen LogP contribution in [0.1, 0.15) is 43.8 Å². The molecule has 1 aliphatic rings. The fourth-order valence-electron chi connectivity index (χ4n) is 2.66. The molecular weight excluding hydrogens is 288 g/mol. The minimum absolute atomic E-state index is 0.0249. The van der Waals surface area contributed by atoms with E-state index in [1.54, 1.807) is 4.90 Å². The van der Waals surface area contributed by atoms with Crippen LogP contribution in [0.3, 0.4) is 0 Å². The zero-order chi connectivity index (χ0) is 15.0. The molecule has 0 N–H and O–H groups in total. The summed E-state index contributed by atoms with van der Waals surface area (Å²) in [5, 5.41) is 0. The zero-order valence-corrected chi connectivity index (χ0v) is 14.2. The highest BCUT2D eigenvalue weighted by Gasteiger charge is 2.30. The topological polar surface area (TPSA) is 25.2 Å². The Hall–Kier alpha value is -1.07. The van der Waals surface area contributed by atoms with Crippen molar-refractivity contribution >= 4 is 40.3 Å². The lowest BCUT2D eigenvalue weighted by Gasteiger charge is -2.13. The molecule has 20 heavy (non-hydrogen) atoms. The van der Waals surface area contributed by atoms with Gasteiger partial charge in [0, 0.05) is 24.0 Å². The van der Waals surface area contributed by atoms with Crippen LogP contribution in [0.4, 0.5) is 0 Å². The molecule has 3 nitrogen and oxygen atoms in total. The molecule has 0 aliphatic carbocycles. The maximum Gasteiger partial charge on any atom is 0.266 e. The van der Waals surface area contributed by atoms with Crippen LogP contribution >= 0.6 is 24.0 Å². The number of thioether (sulfide) groups is 1. The summed E-state index contributed by atoms with van der Waals surface area (Å²) in [7, 11) is 0. The number of rotatable bonds is 3. The van der Waals surface area contributed by atoms with Gasteiger partial charge in [0.15, 0.2) is 0 Å². The van der Waals surface area contributed by atoms with E-state index in [1.807, 2.05) is 13.0 Å². The summed E-state index contributed by atoms with van der Waals surface area (Å²) in [6.45, 7) is 11.1. The Kier molecular flexibility index (Phi) is 4.39. The van der Waals surface area contributed by atoms with Gasteiger partial charge in [-0.3, -0.25) is 9.69 Å². The molecule has 1 aliphatic heterocycles. The average molecular weight is 308 g/mol. The van der Waals surface area contributed by atoms with Gasteiger partial charge in [0.25, 0.3) is 5.91 Å². The Morgan fingerprint density at radius 3 is 2.50 bits per heavy atom. The standard InChI is InChI=1S/C15H20N2OS2/c1-6-16-14(18)13(20-15(16)19)8-12-7-10(4)17(9(2)3)11(12)5/h7-9H,6H2,1-5H3. The fraction of sp³-hybridized carbons (Fsp3) is 0.467. The molecule has 1 aromatic rings. The Bertz CT molecular complexity index is 599. The number of amides is 1. The van der Waals surface area contributed by atoms with Crippen molar-refractivity contribution in [3.05, 3.63) is 27.9 Å². The lowest BCUT2D eigenvalue weighted by atomic mass is 10.2. The van der Waals surface area contributed by atoms with Gasteiger partial charge < -0.3 is 4.57 Å². The quantitative estimate of drug-likeness (QED) is 0.625. The van der Waals surface area contributed by atoms with E-state index in [4.69, 9.17) is 12.2 Å². The van der Waals surface area contributed by atoms with Crippen molar-refractivity contribution in [1.29, 1.82) is 0 Å². The first-order valence-electron chi connectivity index (χ1n) is 6.80. The van der Waals surface area contributed by atoms with Crippen LogP contribution in [0, 0.1) is 13.8 Å². The van der Waals surface area contributed by atoms with Gasteiger partial charge in [0.05, 0.1) is 4.91 Å². The minimum Gasteiger partial charge on any atom is -0.346 e. The molecule has 2 heterocycles. The monoisotopic (exact) mass is 308 g/mol. The molecular formula is C15H20N2OS2. The highest BCUT2D eigenvalue weighted by Crippen LogP contribution is 2.33. The molecule has 1 saturated heterocycles. The highest BCUT2D eigenvalue weighted by atomic mass is 32.2. The van der Waals surface area contributed by atoms with E-state index in [0.717, 1.165) is 10.5 Å². The van der Waals surface area contributed by atoms with E-state index >= 15 is 0 Å². The first-order valence-corrected chi connectivity index (χ1v) is 8.03. The molecule has 0 unspecified atom stereocenters. The highest BCUT2D eigenvalue weighted by molar-refractivity contribution is 8.26. The van der Waals surface area contributed by atoms with E-state index in [0.29, 0.717) is 16.9 Å². The summed E-state index contributed by atoms with van der Waals surface area (Å²) in [5.74, 6) is 0.0249. The van der Waals surface area contributed by atoms with E-state index < -0.39 is 0 Å². The molecule has 1 aromatic heterocycles. The predicted molar refractivity (Wildman–Crippen MR) is 89.8 cm³/mol.